The van der Waals surface area contributed by atoms with Crippen molar-refractivity contribution in [1.82, 2.24) is 5.32 Å². The van der Waals surface area contributed by atoms with Gasteiger partial charge < -0.3 is 5.32 Å². The van der Waals surface area contributed by atoms with Crippen LogP contribution in [0.3, 0.4) is 0 Å². The van der Waals surface area contributed by atoms with E-state index in [1.807, 2.05) is 24.4 Å². The average molecular weight is 261 g/mol. The first-order valence-corrected chi connectivity index (χ1v) is 7.29. The molecule has 96 valence electrons. The highest BCUT2D eigenvalue weighted by Gasteiger charge is 2.26. The maximum Gasteiger partial charge on any atom is 0.237 e. The molecule has 3 heteroatoms. The van der Waals surface area contributed by atoms with Crippen LogP contribution in [0.4, 0.5) is 0 Å². The minimum Gasteiger partial charge on any atom is -0.332 e. The molecule has 0 aliphatic carbocycles. The molecule has 1 aromatic carbocycles. The van der Waals surface area contributed by atoms with Crippen LogP contribution in [0.2, 0.25) is 0 Å². The number of hydrogen-bond acceptors (Lipinski definition) is 2. The number of nitrogens with one attached hydrogen (secondary N) is 1. The van der Waals surface area contributed by atoms with Gasteiger partial charge in [-0.1, -0.05) is 32.0 Å². The molecule has 0 fully saturated rings. The molecular weight excluding hydrogens is 242 g/mol. The molecule has 2 rings (SSSR count). The van der Waals surface area contributed by atoms with Crippen molar-refractivity contribution < 1.29 is 4.79 Å². The first-order chi connectivity index (χ1) is 8.70. The summed E-state index contributed by atoms with van der Waals surface area (Å²) in [5.74, 6) is 0.667. The fourth-order valence-corrected chi connectivity index (χ4v) is 3.08. The number of thioether (sulfide) groups is 1. The molecule has 1 N–H and O–H groups in total. The number of allylic oxidation sites excluding steroid dienone is 1. The molecule has 2 unspecified atom stereocenters. The number of hydrogen-bond donors (Lipinski definition) is 1. The Bertz CT molecular complexity index is 441. The lowest BCUT2D eigenvalue weighted by atomic mass is 9.93. The molecule has 1 aliphatic heterocycles. The van der Waals surface area contributed by atoms with Crippen molar-refractivity contribution in [1.29, 1.82) is 0 Å². The Balaban J connectivity index is 2.05. The summed E-state index contributed by atoms with van der Waals surface area (Å²) in [5.41, 5.74) is 1.35. The molecule has 2 atom stereocenters. The standard InChI is InChI=1S/C15H19NOS/c1-3-11(2)12-9-14(15(17)16-10-12)18-13-7-5-4-6-8-13/h4-8,10-11,14H,3,9H2,1-2H3,(H,16,17). The Kier molecular flexibility index (Phi) is 4.48. The van der Waals surface area contributed by atoms with Crippen LogP contribution in [0.25, 0.3) is 0 Å². The van der Waals surface area contributed by atoms with Crippen LogP contribution >= 0.6 is 11.8 Å². The van der Waals surface area contributed by atoms with Crippen molar-refractivity contribution in [2.45, 2.75) is 36.8 Å². The highest BCUT2D eigenvalue weighted by Crippen LogP contribution is 2.32. The minimum absolute atomic E-state index is 0.00130. The van der Waals surface area contributed by atoms with Gasteiger partial charge in [0.05, 0.1) is 5.25 Å². The number of amides is 1. The molecule has 0 radical (unpaired) electrons. The normalized spacial score (nSPS) is 21.1. The van der Waals surface area contributed by atoms with Gasteiger partial charge in [-0.05, 0) is 36.5 Å². The Morgan fingerprint density at radius 2 is 2.11 bits per heavy atom. The molecule has 0 saturated carbocycles. The van der Waals surface area contributed by atoms with Crippen molar-refractivity contribution in [3.05, 3.63) is 42.1 Å². The summed E-state index contributed by atoms with van der Waals surface area (Å²) >= 11 is 1.65. The van der Waals surface area contributed by atoms with Gasteiger partial charge >= 0.3 is 0 Å². The minimum atomic E-state index is 0.00130. The number of benzene rings is 1. The molecule has 0 spiro atoms. The van der Waals surface area contributed by atoms with Crippen molar-refractivity contribution in [3.8, 4) is 0 Å². The van der Waals surface area contributed by atoms with Gasteiger partial charge in [0.25, 0.3) is 0 Å². The van der Waals surface area contributed by atoms with Crippen LogP contribution in [0.5, 0.6) is 0 Å². The van der Waals surface area contributed by atoms with E-state index in [2.05, 4.69) is 31.3 Å². The van der Waals surface area contributed by atoms with E-state index in [1.165, 1.54) is 5.57 Å². The van der Waals surface area contributed by atoms with E-state index in [0.29, 0.717) is 5.92 Å². The smallest absolute Gasteiger partial charge is 0.237 e. The molecule has 1 amide bonds. The summed E-state index contributed by atoms with van der Waals surface area (Å²) < 4.78 is 0. The zero-order valence-corrected chi connectivity index (χ0v) is 11.7. The van der Waals surface area contributed by atoms with E-state index < -0.39 is 0 Å². The van der Waals surface area contributed by atoms with Crippen LogP contribution in [-0.4, -0.2) is 11.2 Å². The molecule has 0 aromatic heterocycles. The van der Waals surface area contributed by atoms with Gasteiger partial charge in [-0.15, -0.1) is 11.8 Å². The first-order valence-electron chi connectivity index (χ1n) is 6.41. The monoisotopic (exact) mass is 261 g/mol. The lowest BCUT2D eigenvalue weighted by Gasteiger charge is -2.25. The maximum absolute atomic E-state index is 11.9. The third-order valence-electron chi connectivity index (χ3n) is 3.38. The predicted octanol–water partition coefficient (Wildman–Crippen LogP) is 3.60. The Morgan fingerprint density at radius 1 is 1.39 bits per heavy atom. The molecule has 0 bridgehead atoms. The quantitative estimate of drug-likeness (QED) is 0.897. The molecule has 0 saturated heterocycles. The van der Waals surface area contributed by atoms with E-state index in [4.69, 9.17) is 0 Å². The second kappa shape index (κ2) is 6.10. The topological polar surface area (TPSA) is 29.1 Å². The molecule has 18 heavy (non-hydrogen) atoms. The lowest BCUT2D eigenvalue weighted by molar-refractivity contribution is -0.120. The van der Waals surface area contributed by atoms with Crippen LogP contribution in [0, 0.1) is 5.92 Å². The molecule has 1 aromatic rings. The van der Waals surface area contributed by atoms with Gasteiger partial charge in [0.1, 0.15) is 0 Å². The Labute approximate surface area is 113 Å². The third-order valence-corrected chi connectivity index (χ3v) is 4.59. The Morgan fingerprint density at radius 3 is 2.78 bits per heavy atom. The average Bonchev–Trinajstić information content (AvgIpc) is 2.41. The van der Waals surface area contributed by atoms with Crippen molar-refractivity contribution >= 4 is 17.7 Å². The predicted molar refractivity (Wildman–Crippen MR) is 76.4 cm³/mol. The molecule has 1 aliphatic rings. The summed E-state index contributed by atoms with van der Waals surface area (Å²) in [6.45, 7) is 4.40. The fraction of sp³-hybridized carbons (Fsp3) is 0.400. The van der Waals surface area contributed by atoms with Crippen LogP contribution in [0.1, 0.15) is 26.7 Å². The van der Waals surface area contributed by atoms with E-state index in [9.17, 15) is 4.79 Å². The van der Waals surface area contributed by atoms with Gasteiger partial charge in [-0.25, -0.2) is 0 Å². The first kappa shape index (κ1) is 13.2. The van der Waals surface area contributed by atoms with E-state index >= 15 is 0 Å². The van der Waals surface area contributed by atoms with E-state index in [1.54, 1.807) is 11.8 Å². The number of carbonyl (C=O) groups is 1. The summed E-state index contributed by atoms with van der Waals surface area (Å²) in [5, 5.41) is 2.90. The van der Waals surface area contributed by atoms with Crippen molar-refractivity contribution in [3.63, 3.8) is 0 Å². The van der Waals surface area contributed by atoms with Gasteiger partial charge in [0.15, 0.2) is 0 Å². The van der Waals surface area contributed by atoms with Crippen LogP contribution in [-0.2, 0) is 4.79 Å². The molecular formula is C15H19NOS. The fourth-order valence-electron chi connectivity index (χ4n) is 1.99. The van der Waals surface area contributed by atoms with Gasteiger partial charge in [-0.3, -0.25) is 4.79 Å². The highest BCUT2D eigenvalue weighted by atomic mass is 32.2. The summed E-state index contributed by atoms with van der Waals surface area (Å²) in [6, 6.07) is 10.1. The van der Waals surface area contributed by atoms with E-state index in [-0.39, 0.29) is 11.2 Å². The molecule has 2 nitrogen and oxygen atoms in total. The van der Waals surface area contributed by atoms with Crippen LogP contribution < -0.4 is 5.32 Å². The second-order valence-corrected chi connectivity index (χ2v) is 5.94. The summed E-state index contributed by atoms with van der Waals surface area (Å²) in [6.07, 6.45) is 3.88. The van der Waals surface area contributed by atoms with Crippen molar-refractivity contribution in [2.75, 3.05) is 0 Å². The zero-order chi connectivity index (χ0) is 13.0. The van der Waals surface area contributed by atoms with Crippen molar-refractivity contribution in [2.24, 2.45) is 5.92 Å². The number of rotatable bonds is 4. The SMILES string of the molecule is CCC(C)C1=CNC(=O)C(Sc2ccccc2)C1. The Hall–Kier alpha value is -1.22. The second-order valence-electron chi connectivity index (χ2n) is 4.66. The van der Waals surface area contributed by atoms with Gasteiger partial charge in [0.2, 0.25) is 5.91 Å². The van der Waals surface area contributed by atoms with Crippen LogP contribution in [0.15, 0.2) is 47.0 Å². The third kappa shape index (κ3) is 3.16. The highest BCUT2D eigenvalue weighted by molar-refractivity contribution is 8.00. The zero-order valence-electron chi connectivity index (χ0n) is 10.8. The number of carbonyl (C=O) groups excluding carboxylic acids is 1. The van der Waals surface area contributed by atoms with Gasteiger partial charge in [0, 0.05) is 11.1 Å². The molecule has 1 heterocycles. The van der Waals surface area contributed by atoms with Gasteiger partial charge in [-0.2, -0.15) is 0 Å². The maximum atomic E-state index is 11.9. The largest absolute Gasteiger partial charge is 0.332 e. The summed E-state index contributed by atoms with van der Waals surface area (Å²) in [7, 11) is 0. The lowest BCUT2D eigenvalue weighted by Crippen LogP contribution is -2.34. The summed E-state index contributed by atoms with van der Waals surface area (Å²) in [4.78, 5) is 13.0. The van der Waals surface area contributed by atoms with E-state index in [0.717, 1.165) is 17.7 Å².